The molecular formula is C12H19N3O3. The molecule has 2 heterocycles. The van der Waals surface area contributed by atoms with Crippen LogP contribution in [-0.2, 0) is 16.0 Å². The average Bonchev–Trinajstić information content (AvgIpc) is 2.96. The minimum Gasteiger partial charge on any atom is -0.464 e. The van der Waals surface area contributed by atoms with Gasteiger partial charge in [-0.2, -0.15) is 0 Å². The number of nitrogens with zero attached hydrogens (tertiary/aromatic N) is 2. The number of carbonyl (C=O) groups excluding carboxylic acids is 1. The number of aryl methyl sites for hydroxylation is 1. The van der Waals surface area contributed by atoms with E-state index < -0.39 is 5.97 Å². The molecule has 1 aromatic rings. The van der Waals surface area contributed by atoms with Gasteiger partial charge in [0, 0.05) is 19.8 Å². The summed E-state index contributed by atoms with van der Waals surface area (Å²) < 4.78 is 11.9. The van der Waals surface area contributed by atoms with Crippen LogP contribution in [0.3, 0.4) is 0 Å². The minimum absolute atomic E-state index is 0.206. The van der Waals surface area contributed by atoms with Crippen LogP contribution < -0.4 is 5.73 Å². The van der Waals surface area contributed by atoms with Crippen molar-refractivity contribution in [2.24, 2.45) is 5.92 Å². The molecular weight excluding hydrogens is 234 g/mol. The summed E-state index contributed by atoms with van der Waals surface area (Å²) in [7, 11) is 1.33. The van der Waals surface area contributed by atoms with Crippen molar-refractivity contribution in [1.29, 1.82) is 0 Å². The Morgan fingerprint density at radius 1 is 1.67 bits per heavy atom. The van der Waals surface area contributed by atoms with Crippen LogP contribution in [0.25, 0.3) is 0 Å². The number of hydrogen-bond acceptors (Lipinski definition) is 5. The maximum atomic E-state index is 11.5. The first-order valence-electron chi connectivity index (χ1n) is 6.12. The Bertz CT molecular complexity index is 436. The molecule has 1 aliphatic rings. The monoisotopic (exact) mass is 253 g/mol. The fraction of sp³-hybridized carbons (Fsp3) is 0.667. The van der Waals surface area contributed by atoms with Crippen LogP contribution in [-0.4, -0.2) is 35.8 Å². The maximum absolute atomic E-state index is 11.5. The molecule has 6 nitrogen and oxygen atoms in total. The zero-order chi connectivity index (χ0) is 13.1. The first-order valence-corrected chi connectivity index (χ1v) is 6.12. The molecule has 0 saturated carbocycles. The molecule has 2 N–H and O–H groups in total. The zero-order valence-corrected chi connectivity index (χ0v) is 10.8. The molecule has 0 aliphatic carbocycles. The van der Waals surface area contributed by atoms with Crippen LogP contribution >= 0.6 is 0 Å². The van der Waals surface area contributed by atoms with Crippen molar-refractivity contribution >= 4 is 11.8 Å². The molecule has 1 unspecified atom stereocenters. The van der Waals surface area contributed by atoms with E-state index in [1.54, 1.807) is 0 Å². The van der Waals surface area contributed by atoms with Gasteiger partial charge in [-0.15, -0.1) is 0 Å². The lowest BCUT2D eigenvalue weighted by atomic mass is 10.1. The number of esters is 1. The molecule has 0 aromatic carbocycles. The molecule has 0 spiro atoms. The Morgan fingerprint density at radius 3 is 3.06 bits per heavy atom. The number of nitrogen functional groups attached to an aromatic ring is 1. The zero-order valence-electron chi connectivity index (χ0n) is 10.8. The van der Waals surface area contributed by atoms with E-state index in [1.165, 1.54) is 7.11 Å². The first kappa shape index (κ1) is 12.9. The van der Waals surface area contributed by atoms with Gasteiger partial charge < -0.3 is 19.8 Å². The average molecular weight is 253 g/mol. The van der Waals surface area contributed by atoms with Gasteiger partial charge in [0.25, 0.3) is 0 Å². The molecule has 1 saturated heterocycles. The predicted octanol–water partition coefficient (Wildman–Crippen LogP) is 0.987. The van der Waals surface area contributed by atoms with Crippen LogP contribution in [0.5, 0.6) is 0 Å². The van der Waals surface area contributed by atoms with Gasteiger partial charge in [0.05, 0.1) is 7.11 Å². The summed E-state index contributed by atoms with van der Waals surface area (Å²) in [6, 6.07) is 0. The Kier molecular flexibility index (Phi) is 3.86. The van der Waals surface area contributed by atoms with Crippen LogP contribution in [0.2, 0.25) is 0 Å². The van der Waals surface area contributed by atoms with Gasteiger partial charge in [-0.1, -0.05) is 0 Å². The van der Waals surface area contributed by atoms with Crippen LogP contribution in [0, 0.1) is 12.8 Å². The van der Waals surface area contributed by atoms with E-state index in [9.17, 15) is 4.79 Å². The lowest BCUT2D eigenvalue weighted by Crippen LogP contribution is -2.11. The molecule has 6 heteroatoms. The van der Waals surface area contributed by atoms with Crippen molar-refractivity contribution in [2.45, 2.75) is 26.3 Å². The van der Waals surface area contributed by atoms with Crippen molar-refractivity contribution in [3.63, 3.8) is 0 Å². The van der Waals surface area contributed by atoms with Crippen molar-refractivity contribution in [2.75, 3.05) is 26.1 Å². The largest absolute Gasteiger partial charge is 0.464 e. The number of methoxy groups -OCH3 is 1. The molecule has 0 bridgehead atoms. The third-order valence-corrected chi connectivity index (χ3v) is 3.36. The summed E-state index contributed by atoms with van der Waals surface area (Å²) in [6.45, 7) is 4.26. The van der Waals surface area contributed by atoms with E-state index in [-0.39, 0.29) is 5.69 Å². The van der Waals surface area contributed by atoms with Crippen molar-refractivity contribution < 1.29 is 14.3 Å². The molecule has 1 aliphatic heterocycles. The number of hydrogen-bond donors (Lipinski definition) is 1. The van der Waals surface area contributed by atoms with Gasteiger partial charge in [-0.3, -0.25) is 0 Å². The summed E-state index contributed by atoms with van der Waals surface area (Å²) in [5, 5.41) is 0. The van der Waals surface area contributed by atoms with Gasteiger partial charge in [0.15, 0.2) is 5.69 Å². The third kappa shape index (κ3) is 2.48. The van der Waals surface area contributed by atoms with Crippen LogP contribution in [0.15, 0.2) is 0 Å². The molecule has 2 rings (SSSR count). The van der Waals surface area contributed by atoms with E-state index in [1.807, 2.05) is 11.5 Å². The third-order valence-electron chi connectivity index (χ3n) is 3.36. The lowest BCUT2D eigenvalue weighted by molar-refractivity contribution is 0.0595. The molecule has 1 fully saturated rings. The molecule has 100 valence electrons. The van der Waals surface area contributed by atoms with E-state index in [0.29, 0.717) is 11.7 Å². The molecule has 1 aromatic heterocycles. The molecule has 0 amide bonds. The fourth-order valence-corrected chi connectivity index (χ4v) is 2.23. The standard InChI is InChI=1S/C12H19N3O3/c1-8-14-10(12(16)17-2)11(13)15(8)5-3-9-4-6-18-7-9/h9H,3-7,13H2,1-2H3. The van der Waals surface area contributed by atoms with Crippen molar-refractivity contribution in [3.05, 3.63) is 11.5 Å². The molecule has 0 radical (unpaired) electrons. The number of anilines is 1. The Labute approximate surface area is 106 Å². The van der Waals surface area contributed by atoms with E-state index >= 15 is 0 Å². The van der Waals surface area contributed by atoms with Gasteiger partial charge >= 0.3 is 5.97 Å². The summed E-state index contributed by atoms with van der Waals surface area (Å²) in [5.41, 5.74) is 6.14. The van der Waals surface area contributed by atoms with Crippen molar-refractivity contribution in [3.8, 4) is 0 Å². The second-order valence-electron chi connectivity index (χ2n) is 4.55. The normalized spacial score (nSPS) is 19.1. The van der Waals surface area contributed by atoms with E-state index in [2.05, 4.69) is 9.72 Å². The lowest BCUT2D eigenvalue weighted by Gasteiger charge is -2.10. The predicted molar refractivity (Wildman–Crippen MR) is 66.3 cm³/mol. The maximum Gasteiger partial charge on any atom is 0.360 e. The van der Waals surface area contributed by atoms with Crippen molar-refractivity contribution in [1.82, 2.24) is 9.55 Å². The quantitative estimate of drug-likeness (QED) is 0.809. The Balaban J connectivity index is 2.07. The van der Waals surface area contributed by atoms with Crippen LogP contribution in [0.1, 0.15) is 29.2 Å². The topological polar surface area (TPSA) is 79.4 Å². The summed E-state index contributed by atoms with van der Waals surface area (Å²) in [6.07, 6.45) is 2.08. The summed E-state index contributed by atoms with van der Waals surface area (Å²) in [4.78, 5) is 15.6. The highest BCUT2D eigenvalue weighted by Gasteiger charge is 2.21. The van der Waals surface area contributed by atoms with Gasteiger partial charge in [0.1, 0.15) is 11.6 Å². The fourth-order valence-electron chi connectivity index (χ4n) is 2.23. The van der Waals surface area contributed by atoms with E-state index in [0.717, 1.165) is 38.4 Å². The van der Waals surface area contributed by atoms with Gasteiger partial charge in [-0.05, 0) is 25.7 Å². The highest BCUT2D eigenvalue weighted by molar-refractivity contribution is 5.92. The second kappa shape index (κ2) is 5.39. The van der Waals surface area contributed by atoms with Crippen LogP contribution in [0.4, 0.5) is 5.82 Å². The Morgan fingerprint density at radius 2 is 2.44 bits per heavy atom. The number of rotatable bonds is 4. The number of nitrogens with two attached hydrogens (primary N) is 1. The van der Waals surface area contributed by atoms with Gasteiger partial charge in [-0.25, -0.2) is 9.78 Å². The smallest absolute Gasteiger partial charge is 0.360 e. The van der Waals surface area contributed by atoms with Gasteiger partial charge in [0.2, 0.25) is 0 Å². The first-order chi connectivity index (χ1) is 8.63. The Hall–Kier alpha value is -1.56. The number of aromatic nitrogens is 2. The summed E-state index contributed by atoms with van der Waals surface area (Å²) in [5.74, 6) is 1.22. The minimum atomic E-state index is -0.487. The SMILES string of the molecule is COC(=O)c1nc(C)n(CCC2CCOC2)c1N. The highest BCUT2D eigenvalue weighted by atomic mass is 16.5. The van der Waals surface area contributed by atoms with E-state index in [4.69, 9.17) is 10.5 Å². The second-order valence-corrected chi connectivity index (χ2v) is 4.55. The molecule has 1 atom stereocenters. The number of ether oxygens (including phenoxy) is 2. The molecule has 18 heavy (non-hydrogen) atoms. The summed E-state index contributed by atoms with van der Waals surface area (Å²) >= 11 is 0. The number of imidazole rings is 1. The highest BCUT2D eigenvalue weighted by Crippen LogP contribution is 2.21. The number of carbonyl (C=O) groups is 1.